The summed E-state index contributed by atoms with van der Waals surface area (Å²) in [5.41, 5.74) is 3.67. The van der Waals surface area contributed by atoms with Crippen LogP contribution >= 0.6 is 0 Å². The minimum Gasteiger partial charge on any atom is -0.357 e. The maximum Gasteiger partial charge on any atom is 0.225 e. The molecular formula is C23H39N9. The van der Waals surface area contributed by atoms with Gasteiger partial charge in [0.2, 0.25) is 5.95 Å². The topological polar surface area (TPSA) is 86.5 Å². The zero-order valence-electron chi connectivity index (χ0n) is 20.3. The van der Waals surface area contributed by atoms with Crippen LogP contribution in [0.25, 0.3) is 0 Å². The molecule has 0 aromatic carbocycles. The summed E-state index contributed by atoms with van der Waals surface area (Å²) < 4.78 is 1.96. The standard InChI is InChI=1S/C23H39N9/c1-6-24-22(28-18(2)17-21-19(3)29-30(5)20(21)4)25-11-8-12-31-13-15-32(16-14-31)23-26-9-7-10-27-23/h7,9-10,18H,6,8,11-17H2,1-5H3,(H2,24,25,28). The largest absolute Gasteiger partial charge is 0.357 e. The summed E-state index contributed by atoms with van der Waals surface area (Å²) in [6.45, 7) is 15.3. The number of hydrogen-bond donors (Lipinski definition) is 2. The molecule has 9 heteroatoms. The van der Waals surface area contributed by atoms with Crippen molar-refractivity contribution in [3.63, 3.8) is 0 Å². The lowest BCUT2D eigenvalue weighted by Crippen LogP contribution is -2.47. The quantitative estimate of drug-likeness (QED) is 0.347. The molecule has 3 heterocycles. The Morgan fingerprint density at radius 1 is 1.16 bits per heavy atom. The van der Waals surface area contributed by atoms with Crippen LogP contribution in [0.15, 0.2) is 23.5 Å². The lowest BCUT2D eigenvalue weighted by molar-refractivity contribution is 0.255. The van der Waals surface area contributed by atoms with Crippen molar-refractivity contribution >= 4 is 11.9 Å². The molecule has 176 valence electrons. The van der Waals surface area contributed by atoms with Crippen molar-refractivity contribution in [3.8, 4) is 0 Å². The minimum absolute atomic E-state index is 0.280. The van der Waals surface area contributed by atoms with Gasteiger partial charge in [0.15, 0.2) is 5.96 Å². The fourth-order valence-electron chi connectivity index (χ4n) is 4.13. The number of aliphatic imine (C=N–C) groups is 1. The van der Waals surface area contributed by atoms with Crippen molar-refractivity contribution in [2.24, 2.45) is 12.0 Å². The van der Waals surface area contributed by atoms with E-state index in [1.807, 2.05) is 30.2 Å². The lowest BCUT2D eigenvalue weighted by atomic mass is 10.1. The normalized spacial score (nSPS) is 16.3. The van der Waals surface area contributed by atoms with Gasteiger partial charge in [-0.15, -0.1) is 0 Å². The molecule has 0 spiro atoms. The number of anilines is 1. The van der Waals surface area contributed by atoms with Gasteiger partial charge in [0.1, 0.15) is 0 Å². The van der Waals surface area contributed by atoms with Crippen LogP contribution in [0.2, 0.25) is 0 Å². The molecule has 0 aliphatic carbocycles. The van der Waals surface area contributed by atoms with Gasteiger partial charge in [-0.1, -0.05) is 0 Å². The highest BCUT2D eigenvalue weighted by Crippen LogP contribution is 2.14. The third kappa shape index (κ3) is 6.66. The Balaban J connectivity index is 1.41. The Bertz CT molecular complexity index is 854. The minimum atomic E-state index is 0.280. The highest BCUT2D eigenvalue weighted by atomic mass is 15.3. The molecule has 0 amide bonds. The molecule has 32 heavy (non-hydrogen) atoms. The number of nitrogens with one attached hydrogen (secondary N) is 2. The third-order valence-electron chi connectivity index (χ3n) is 6.01. The molecule has 2 aromatic heterocycles. The van der Waals surface area contributed by atoms with E-state index in [0.29, 0.717) is 0 Å². The van der Waals surface area contributed by atoms with Crippen LogP contribution in [-0.4, -0.2) is 82.5 Å². The van der Waals surface area contributed by atoms with Gasteiger partial charge in [0, 0.05) is 77.0 Å². The average Bonchev–Trinajstić information content (AvgIpc) is 3.03. The Kier molecular flexibility index (Phi) is 8.84. The van der Waals surface area contributed by atoms with Crippen molar-refractivity contribution in [1.29, 1.82) is 0 Å². The van der Waals surface area contributed by atoms with E-state index in [1.165, 1.54) is 11.3 Å². The summed E-state index contributed by atoms with van der Waals surface area (Å²) in [6, 6.07) is 2.14. The second-order valence-corrected chi connectivity index (χ2v) is 8.51. The summed E-state index contributed by atoms with van der Waals surface area (Å²) in [6.07, 6.45) is 5.60. The molecule has 9 nitrogen and oxygen atoms in total. The van der Waals surface area contributed by atoms with Crippen molar-refractivity contribution in [1.82, 2.24) is 35.3 Å². The number of rotatable bonds is 9. The Morgan fingerprint density at radius 2 is 1.88 bits per heavy atom. The summed E-state index contributed by atoms with van der Waals surface area (Å²) in [5, 5.41) is 11.5. The van der Waals surface area contributed by atoms with Gasteiger partial charge in [-0.2, -0.15) is 5.10 Å². The molecule has 1 fully saturated rings. The number of guanidine groups is 1. The van der Waals surface area contributed by atoms with Crippen LogP contribution in [0.1, 0.15) is 37.2 Å². The van der Waals surface area contributed by atoms with E-state index in [2.05, 4.69) is 63.2 Å². The maximum absolute atomic E-state index is 4.81. The molecule has 1 atom stereocenters. The highest BCUT2D eigenvalue weighted by molar-refractivity contribution is 5.80. The summed E-state index contributed by atoms with van der Waals surface area (Å²) in [4.78, 5) is 18.3. The second-order valence-electron chi connectivity index (χ2n) is 8.51. The molecule has 1 aliphatic heterocycles. The van der Waals surface area contributed by atoms with Gasteiger partial charge in [-0.25, -0.2) is 9.97 Å². The molecule has 0 radical (unpaired) electrons. The zero-order valence-corrected chi connectivity index (χ0v) is 20.3. The Labute approximate surface area is 192 Å². The smallest absolute Gasteiger partial charge is 0.225 e. The SMILES string of the molecule is CCNC(=NCCCN1CCN(c2ncccn2)CC1)NC(C)Cc1c(C)nn(C)c1C. The second kappa shape index (κ2) is 11.8. The monoisotopic (exact) mass is 441 g/mol. The molecule has 1 unspecified atom stereocenters. The van der Waals surface area contributed by atoms with E-state index in [0.717, 1.165) is 76.3 Å². The van der Waals surface area contributed by atoms with Crippen LogP contribution in [0.4, 0.5) is 5.95 Å². The predicted octanol–water partition coefficient (Wildman–Crippen LogP) is 1.53. The van der Waals surface area contributed by atoms with E-state index in [4.69, 9.17) is 4.99 Å². The Hall–Kier alpha value is -2.68. The molecule has 2 aromatic rings. The third-order valence-corrected chi connectivity index (χ3v) is 6.01. The number of aromatic nitrogens is 4. The van der Waals surface area contributed by atoms with Crippen LogP contribution in [0.5, 0.6) is 0 Å². The first-order valence-corrected chi connectivity index (χ1v) is 11.8. The molecule has 1 saturated heterocycles. The summed E-state index contributed by atoms with van der Waals surface area (Å²) in [5.74, 6) is 1.73. The molecule has 0 bridgehead atoms. The van der Waals surface area contributed by atoms with Crippen LogP contribution in [0, 0.1) is 13.8 Å². The van der Waals surface area contributed by atoms with Gasteiger partial charge < -0.3 is 15.5 Å². The summed E-state index contributed by atoms with van der Waals surface area (Å²) >= 11 is 0. The zero-order chi connectivity index (χ0) is 22.9. The van der Waals surface area contributed by atoms with E-state index >= 15 is 0 Å². The van der Waals surface area contributed by atoms with Gasteiger partial charge in [0.05, 0.1) is 5.69 Å². The molecule has 0 saturated carbocycles. The van der Waals surface area contributed by atoms with E-state index < -0.39 is 0 Å². The first-order valence-electron chi connectivity index (χ1n) is 11.8. The van der Waals surface area contributed by atoms with Crippen molar-refractivity contribution in [3.05, 3.63) is 35.4 Å². The van der Waals surface area contributed by atoms with Crippen molar-refractivity contribution in [2.45, 2.75) is 46.6 Å². The first kappa shape index (κ1) is 24.0. The van der Waals surface area contributed by atoms with Gasteiger partial charge in [0.25, 0.3) is 0 Å². The lowest BCUT2D eigenvalue weighted by Gasteiger charge is -2.34. The number of hydrogen-bond acceptors (Lipinski definition) is 6. The van der Waals surface area contributed by atoms with Gasteiger partial charge in [-0.05, 0) is 52.2 Å². The van der Waals surface area contributed by atoms with Gasteiger partial charge in [-0.3, -0.25) is 14.6 Å². The van der Waals surface area contributed by atoms with Gasteiger partial charge >= 0.3 is 0 Å². The van der Waals surface area contributed by atoms with E-state index in [-0.39, 0.29) is 6.04 Å². The maximum atomic E-state index is 4.81. The number of nitrogens with zero attached hydrogens (tertiary/aromatic N) is 7. The van der Waals surface area contributed by atoms with Crippen LogP contribution in [-0.2, 0) is 13.5 Å². The fraction of sp³-hybridized carbons (Fsp3) is 0.652. The molecule has 3 rings (SSSR count). The van der Waals surface area contributed by atoms with Crippen LogP contribution < -0.4 is 15.5 Å². The number of aryl methyl sites for hydroxylation is 2. The fourth-order valence-corrected chi connectivity index (χ4v) is 4.13. The van der Waals surface area contributed by atoms with Crippen molar-refractivity contribution < 1.29 is 0 Å². The molecule has 2 N–H and O–H groups in total. The highest BCUT2D eigenvalue weighted by Gasteiger charge is 2.18. The van der Waals surface area contributed by atoms with E-state index in [1.54, 1.807) is 0 Å². The average molecular weight is 442 g/mol. The number of piperazine rings is 1. The van der Waals surface area contributed by atoms with E-state index in [9.17, 15) is 0 Å². The Morgan fingerprint density at radius 3 is 2.50 bits per heavy atom. The first-order chi connectivity index (χ1) is 15.5. The predicted molar refractivity (Wildman–Crippen MR) is 130 cm³/mol. The molecule has 1 aliphatic rings. The van der Waals surface area contributed by atoms with Crippen molar-refractivity contribution in [2.75, 3.05) is 50.7 Å². The summed E-state index contributed by atoms with van der Waals surface area (Å²) in [7, 11) is 2.00. The molecular weight excluding hydrogens is 402 g/mol. The van der Waals surface area contributed by atoms with Crippen LogP contribution in [0.3, 0.4) is 0 Å².